The summed E-state index contributed by atoms with van der Waals surface area (Å²) in [5.41, 5.74) is 5.00. The van der Waals surface area contributed by atoms with Gasteiger partial charge in [-0.05, 0) is 66.8 Å². The minimum absolute atomic E-state index is 0.836. The van der Waals surface area contributed by atoms with Gasteiger partial charge >= 0.3 is 0 Å². The summed E-state index contributed by atoms with van der Waals surface area (Å²) in [4.78, 5) is 0. The SMILES string of the molecule is CCCNCCc1ccccc1Cn1nc(C)c(Br)c1C. The Bertz CT molecular complexity index is 590. The van der Waals surface area contributed by atoms with Gasteiger partial charge in [0.15, 0.2) is 0 Å². The van der Waals surface area contributed by atoms with E-state index in [0.717, 1.165) is 36.2 Å². The predicted molar refractivity (Wildman–Crippen MR) is 91.8 cm³/mol. The average molecular weight is 350 g/mol. The van der Waals surface area contributed by atoms with E-state index in [2.05, 4.69) is 69.1 Å². The molecule has 3 nitrogen and oxygen atoms in total. The van der Waals surface area contributed by atoms with Crippen molar-refractivity contribution in [2.24, 2.45) is 0 Å². The lowest BCUT2D eigenvalue weighted by atomic mass is 10.0. The van der Waals surface area contributed by atoms with E-state index in [1.807, 2.05) is 6.92 Å². The number of hydrogen-bond acceptors (Lipinski definition) is 2. The second-order valence-electron chi connectivity index (χ2n) is 5.41. The first-order valence-corrected chi connectivity index (χ1v) is 8.39. The Morgan fingerprint density at radius 1 is 1.14 bits per heavy atom. The molecule has 1 aromatic heterocycles. The summed E-state index contributed by atoms with van der Waals surface area (Å²) in [6.45, 7) is 9.30. The molecule has 0 radical (unpaired) electrons. The third-order valence-corrected chi connectivity index (χ3v) is 4.88. The van der Waals surface area contributed by atoms with Gasteiger partial charge in [-0.1, -0.05) is 31.2 Å². The third-order valence-electron chi connectivity index (χ3n) is 3.73. The van der Waals surface area contributed by atoms with Crippen molar-refractivity contribution in [1.29, 1.82) is 0 Å². The van der Waals surface area contributed by atoms with E-state index in [1.165, 1.54) is 23.2 Å². The van der Waals surface area contributed by atoms with Crippen molar-refractivity contribution in [3.05, 3.63) is 51.3 Å². The molecule has 0 aliphatic heterocycles. The molecule has 0 amide bonds. The fraction of sp³-hybridized carbons (Fsp3) is 0.471. The highest BCUT2D eigenvalue weighted by molar-refractivity contribution is 9.10. The number of aryl methyl sites for hydroxylation is 1. The zero-order chi connectivity index (χ0) is 15.2. The van der Waals surface area contributed by atoms with Gasteiger partial charge in [-0.2, -0.15) is 5.10 Å². The van der Waals surface area contributed by atoms with Gasteiger partial charge in [0, 0.05) is 0 Å². The van der Waals surface area contributed by atoms with Gasteiger partial charge in [-0.3, -0.25) is 4.68 Å². The first-order chi connectivity index (χ1) is 10.1. The number of nitrogens with one attached hydrogen (secondary N) is 1. The summed E-state index contributed by atoms with van der Waals surface area (Å²) < 4.78 is 3.20. The number of hydrogen-bond donors (Lipinski definition) is 1. The molecule has 114 valence electrons. The van der Waals surface area contributed by atoms with Gasteiger partial charge < -0.3 is 5.32 Å². The molecular weight excluding hydrogens is 326 g/mol. The van der Waals surface area contributed by atoms with Crippen LogP contribution >= 0.6 is 15.9 Å². The van der Waals surface area contributed by atoms with Gasteiger partial charge in [-0.25, -0.2) is 0 Å². The summed E-state index contributed by atoms with van der Waals surface area (Å²) in [5, 5.41) is 8.08. The van der Waals surface area contributed by atoms with Crippen molar-refractivity contribution in [3.63, 3.8) is 0 Å². The molecule has 1 N–H and O–H groups in total. The smallest absolute Gasteiger partial charge is 0.0738 e. The van der Waals surface area contributed by atoms with Crippen molar-refractivity contribution in [2.75, 3.05) is 13.1 Å². The number of halogens is 1. The van der Waals surface area contributed by atoms with Gasteiger partial charge in [0.05, 0.1) is 22.4 Å². The van der Waals surface area contributed by atoms with Crippen LogP contribution in [0.15, 0.2) is 28.7 Å². The third kappa shape index (κ3) is 4.17. The molecule has 0 aliphatic carbocycles. The van der Waals surface area contributed by atoms with Crippen LogP contribution in [0.5, 0.6) is 0 Å². The van der Waals surface area contributed by atoms with Crippen molar-refractivity contribution < 1.29 is 0 Å². The maximum atomic E-state index is 4.61. The topological polar surface area (TPSA) is 29.9 Å². The summed E-state index contributed by atoms with van der Waals surface area (Å²) in [7, 11) is 0. The fourth-order valence-electron chi connectivity index (χ4n) is 2.47. The van der Waals surface area contributed by atoms with E-state index in [0.29, 0.717) is 0 Å². The highest BCUT2D eigenvalue weighted by atomic mass is 79.9. The van der Waals surface area contributed by atoms with Gasteiger partial charge in [0.25, 0.3) is 0 Å². The summed E-state index contributed by atoms with van der Waals surface area (Å²) >= 11 is 3.60. The standard InChI is InChI=1S/C17H24BrN3/c1-4-10-19-11-9-15-7-5-6-8-16(15)12-21-14(3)17(18)13(2)20-21/h5-8,19H,4,9-12H2,1-3H3. The fourth-order valence-corrected chi connectivity index (χ4v) is 2.75. The normalized spacial score (nSPS) is 11.0. The van der Waals surface area contributed by atoms with E-state index in [-0.39, 0.29) is 0 Å². The molecular formula is C17H24BrN3. The number of rotatable bonds is 7. The summed E-state index contributed by atoms with van der Waals surface area (Å²) in [6, 6.07) is 8.66. The van der Waals surface area contributed by atoms with Gasteiger partial charge in [-0.15, -0.1) is 0 Å². The van der Waals surface area contributed by atoms with Crippen LogP contribution in [0.3, 0.4) is 0 Å². The van der Waals surface area contributed by atoms with Crippen molar-refractivity contribution in [1.82, 2.24) is 15.1 Å². The minimum atomic E-state index is 0.836. The largest absolute Gasteiger partial charge is 0.316 e. The quantitative estimate of drug-likeness (QED) is 0.769. The highest BCUT2D eigenvalue weighted by Crippen LogP contribution is 2.21. The monoisotopic (exact) mass is 349 g/mol. The first-order valence-electron chi connectivity index (χ1n) is 7.60. The van der Waals surface area contributed by atoms with Crippen LogP contribution < -0.4 is 5.32 Å². The molecule has 0 saturated carbocycles. The number of benzene rings is 1. The number of aromatic nitrogens is 2. The zero-order valence-electron chi connectivity index (χ0n) is 13.1. The van der Waals surface area contributed by atoms with E-state index >= 15 is 0 Å². The van der Waals surface area contributed by atoms with E-state index in [9.17, 15) is 0 Å². The lowest BCUT2D eigenvalue weighted by molar-refractivity contribution is 0.642. The molecule has 0 spiro atoms. The van der Waals surface area contributed by atoms with E-state index in [4.69, 9.17) is 0 Å². The molecule has 0 aliphatic rings. The van der Waals surface area contributed by atoms with Crippen LogP contribution in [0.1, 0.15) is 35.9 Å². The lowest BCUT2D eigenvalue weighted by Gasteiger charge is -2.11. The van der Waals surface area contributed by atoms with E-state index < -0.39 is 0 Å². The molecule has 2 rings (SSSR count). The highest BCUT2D eigenvalue weighted by Gasteiger charge is 2.10. The second-order valence-corrected chi connectivity index (χ2v) is 6.20. The Hall–Kier alpha value is -1.13. The summed E-state index contributed by atoms with van der Waals surface area (Å²) in [5.74, 6) is 0. The Kier molecular flexibility index (Phi) is 6.00. The maximum absolute atomic E-state index is 4.61. The molecule has 0 saturated heterocycles. The van der Waals surface area contributed by atoms with Crippen LogP contribution in [0, 0.1) is 13.8 Å². The molecule has 0 atom stereocenters. The average Bonchev–Trinajstić information content (AvgIpc) is 2.72. The molecule has 0 unspecified atom stereocenters. The lowest BCUT2D eigenvalue weighted by Crippen LogP contribution is -2.18. The zero-order valence-corrected chi connectivity index (χ0v) is 14.7. The van der Waals surface area contributed by atoms with Gasteiger partial charge in [0.1, 0.15) is 0 Å². The molecule has 1 aromatic carbocycles. The van der Waals surface area contributed by atoms with Gasteiger partial charge in [0.2, 0.25) is 0 Å². The molecule has 2 aromatic rings. The molecule has 4 heteroatoms. The predicted octanol–water partition coefficient (Wildman–Crippen LogP) is 3.85. The molecule has 1 heterocycles. The molecule has 21 heavy (non-hydrogen) atoms. The van der Waals surface area contributed by atoms with Crippen LogP contribution in [0.4, 0.5) is 0 Å². The van der Waals surface area contributed by atoms with Crippen LogP contribution in [0.2, 0.25) is 0 Å². The second kappa shape index (κ2) is 7.76. The maximum Gasteiger partial charge on any atom is 0.0738 e. The Labute approximate surface area is 135 Å². The van der Waals surface area contributed by atoms with Crippen LogP contribution in [-0.4, -0.2) is 22.9 Å². The minimum Gasteiger partial charge on any atom is -0.316 e. The van der Waals surface area contributed by atoms with E-state index in [1.54, 1.807) is 0 Å². The Morgan fingerprint density at radius 3 is 2.48 bits per heavy atom. The number of nitrogens with zero attached hydrogens (tertiary/aromatic N) is 2. The van der Waals surface area contributed by atoms with Crippen molar-refractivity contribution in [3.8, 4) is 0 Å². The van der Waals surface area contributed by atoms with Crippen molar-refractivity contribution >= 4 is 15.9 Å². The first kappa shape index (κ1) is 16.2. The van der Waals surface area contributed by atoms with Crippen molar-refractivity contribution in [2.45, 2.75) is 40.2 Å². The van der Waals surface area contributed by atoms with Crippen LogP contribution in [-0.2, 0) is 13.0 Å². The molecule has 0 bridgehead atoms. The molecule has 0 fully saturated rings. The summed E-state index contributed by atoms with van der Waals surface area (Å²) in [6.07, 6.45) is 2.25. The Balaban J connectivity index is 2.10. The van der Waals surface area contributed by atoms with Crippen LogP contribution in [0.25, 0.3) is 0 Å². The Morgan fingerprint density at radius 2 is 1.86 bits per heavy atom.